The third-order valence-electron chi connectivity index (χ3n) is 3.05. The van der Waals surface area contributed by atoms with E-state index in [2.05, 4.69) is 0 Å². The van der Waals surface area contributed by atoms with Crippen molar-refractivity contribution in [1.29, 1.82) is 0 Å². The lowest BCUT2D eigenvalue weighted by Gasteiger charge is -2.00. The number of anilines is 1. The summed E-state index contributed by atoms with van der Waals surface area (Å²) < 4.78 is 10.5. The number of fused-ring (bicyclic) bond motifs is 1. The van der Waals surface area contributed by atoms with Gasteiger partial charge in [-0.1, -0.05) is 24.3 Å². The third-order valence-corrected chi connectivity index (χ3v) is 3.05. The van der Waals surface area contributed by atoms with Crippen molar-refractivity contribution in [2.45, 2.75) is 0 Å². The second-order valence-electron chi connectivity index (χ2n) is 4.40. The summed E-state index contributed by atoms with van der Waals surface area (Å²) in [5, 5.41) is 0. The summed E-state index contributed by atoms with van der Waals surface area (Å²) >= 11 is 0. The average molecular weight is 267 g/mol. The Kier molecular flexibility index (Phi) is 3.13. The lowest BCUT2D eigenvalue weighted by Crippen LogP contribution is -1.99. The molecule has 4 nitrogen and oxygen atoms in total. The number of allylic oxidation sites excluding steroid dienone is 1. The van der Waals surface area contributed by atoms with E-state index in [1.54, 1.807) is 30.3 Å². The Morgan fingerprint density at radius 1 is 1.10 bits per heavy atom. The lowest BCUT2D eigenvalue weighted by molar-refractivity contribution is 0.104. The minimum absolute atomic E-state index is 0.124. The second kappa shape index (κ2) is 5.09. The summed E-state index contributed by atoms with van der Waals surface area (Å²) in [7, 11) is 0. The summed E-state index contributed by atoms with van der Waals surface area (Å²) in [5.41, 5.74) is 7.63. The molecule has 0 fully saturated rings. The van der Waals surface area contributed by atoms with Gasteiger partial charge in [-0.2, -0.15) is 0 Å². The van der Waals surface area contributed by atoms with Crippen LogP contribution in [-0.2, 0) is 0 Å². The van der Waals surface area contributed by atoms with Crippen molar-refractivity contribution in [3.63, 3.8) is 0 Å². The topological polar surface area (TPSA) is 61.6 Å². The fourth-order valence-corrected chi connectivity index (χ4v) is 2.00. The van der Waals surface area contributed by atoms with E-state index in [1.807, 2.05) is 18.2 Å². The predicted molar refractivity (Wildman–Crippen MR) is 76.8 cm³/mol. The molecule has 0 radical (unpaired) electrons. The van der Waals surface area contributed by atoms with Crippen molar-refractivity contribution in [1.82, 2.24) is 0 Å². The molecule has 3 rings (SSSR count). The van der Waals surface area contributed by atoms with E-state index in [9.17, 15) is 4.79 Å². The van der Waals surface area contributed by atoms with E-state index in [4.69, 9.17) is 15.2 Å². The molecule has 100 valence electrons. The van der Waals surface area contributed by atoms with E-state index in [1.165, 1.54) is 6.08 Å². The maximum atomic E-state index is 12.0. The molecule has 0 amide bonds. The molecule has 2 N–H and O–H groups in total. The van der Waals surface area contributed by atoms with Gasteiger partial charge >= 0.3 is 0 Å². The lowest BCUT2D eigenvalue weighted by atomic mass is 10.1. The summed E-state index contributed by atoms with van der Waals surface area (Å²) in [4.78, 5) is 12.0. The first-order chi connectivity index (χ1) is 9.74. The number of benzene rings is 2. The quantitative estimate of drug-likeness (QED) is 0.527. The number of ketones is 1. The number of hydrogen-bond acceptors (Lipinski definition) is 4. The Labute approximate surface area is 116 Å². The molecule has 2 aromatic carbocycles. The molecule has 0 spiro atoms. The first-order valence-corrected chi connectivity index (χ1v) is 6.20. The number of nitrogen functional groups attached to an aromatic ring is 1. The van der Waals surface area contributed by atoms with Crippen molar-refractivity contribution in [3.05, 3.63) is 59.7 Å². The normalized spacial score (nSPS) is 12.8. The highest BCUT2D eigenvalue weighted by atomic mass is 16.7. The van der Waals surface area contributed by atoms with Crippen LogP contribution in [0.15, 0.2) is 48.5 Å². The Morgan fingerprint density at radius 3 is 2.75 bits per heavy atom. The molecule has 0 atom stereocenters. The van der Waals surface area contributed by atoms with Crippen LogP contribution < -0.4 is 15.2 Å². The van der Waals surface area contributed by atoms with E-state index >= 15 is 0 Å². The SMILES string of the molecule is Nc1ccccc1C(=O)/C=C/c1ccc2c(c1)OCO2. The predicted octanol–water partition coefficient (Wildman–Crippen LogP) is 2.89. The van der Waals surface area contributed by atoms with Crippen molar-refractivity contribution in [2.75, 3.05) is 12.5 Å². The Hall–Kier alpha value is -2.75. The van der Waals surface area contributed by atoms with E-state index in [0.717, 1.165) is 11.3 Å². The van der Waals surface area contributed by atoms with Crippen LogP contribution in [0.5, 0.6) is 11.5 Å². The van der Waals surface area contributed by atoms with Crippen LogP contribution in [0.2, 0.25) is 0 Å². The number of carbonyl (C=O) groups is 1. The summed E-state index contributed by atoms with van der Waals surface area (Å²) in [5.74, 6) is 1.29. The van der Waals surface area contributed by atoms with Crippen molar-refractivity contribution in [3.8, 4) is 11.5 Å². The molecular formula is C16H13NO3. The molecule has 1 heterocycles. The number of rotatable bonds is 3. The Bertz CT molecular complexity index is 692. The van der Waals surface area contributed by atoms with Crippen LogP contribution in [0.4, 0.5) is 5.69 Å². The van der Waals surface area contributed by atoms with Gasteiger partial charge < -0.3 is 15.2 Å². The van der Waals surface area contributed by atoms with Crippen LogP contribution in [-0.4, -0.2) is 12.6 Å². The van der Waals surface area contributed by atoms with E-state index in [0.29, 0.717) is 17.0 Å². The number of hydrogen-bond donors (Lipinski definition) is 1. The average Bonchev–Trinajstić information content (AvgIpc) is 2.92. The van der Waals surface area contributed by atoms with Crippen molar-refractivity contribution >= 4 is 17.5 Å². The summed E-state index contributed by atoms with van der Waals surface area (Å²) in [6, 6.07) is 12.5. The van der Waals surface area contributed by atoms with Gasteiger partial charge in [-0.05, 0) is 35.9 Å². The van der Waals surface area contributed by atoms with Crippen LogP contribution in [0, 0.1) is 0 Å². The molecule has 0 saturated heterocycles. The first-order valence-electron chi connectivity index (χ1n) is 6.20. The molecular weight excluding hydrogens is 254 g/mol. The highest BCUT2D eigenvalue weighted by Gasteiger charge is 2.12. The molecule has 0 saturated carbocycles. The molecule has 0 unspecified atom stereocenters. The molecule has 1 aliphatic rings. The fraction of sp³-hybridized carbons (Fsp3) is 0.0625. The molecule has 1 aliphatic heterocycles. The van der Waals surface area contributed by atoms with Gasteiger partial charge in [-0.3, -0.25) is 4.79 Å². The Morgan fingerprint density at radius 2 is 1.90 bits per heavy atom. The smallest absolute Gasteiger partial charge is 0.231 e. The van der Waals surface area contributed by atoms with Crippen LogP contribution in [0.1, 0.15) is 15.9 Å². The van der Waals surface area contributed by atoms with Gasteiger partial charge in [-0.25, -0.2) is 0 Å². The molecule has 0 bridgehead atoms. The summed E-state index contributed by atoms with van der Waals surface area (Å²) in [6.45, 7) is 0.238. The number of ether oxygens (including phenoxy) is 2. The van der Waals surface area contributed by atoms with Gasteiger partial charge in [0.1, 0.15) is 0 Å². The van der Waals surface area contributed by atoms with Crippen LogP contribution in [0.3, 0.4) is 0 Å². The maximum Gasteiger partial charge on any atom is 0.231 e. The number of nitrogens with two attached hydrogens (primary N) is 1. The zero-order chi connectivity index (χ0) is 13.9. The van der Waals surface area contributed by atoms with Crippen molar-refractivity contribution < 1.29 is 14.3 Å². The second-order valence-corrected chi connectivity index (χ2v) is 4.40. The van der Waals surface area contributed by atoms with Crippen molar-refractivity contribution in [2.24, 2.45) is 0 Å². The van der Waals surface area contributed by atoms with E-state index < -0.39 is 0 Å². The molecule has 2 aromatic rings. The first kappa shape index (κ1) is 12.3. The molecule has 20 heavy (non-hydrogen) atoms. The molecule has 4 heteroatoms. The highest BCUT2D eigenvalue weighted by Crippen LogP contribution is 2.32. The van der Waals surface area contributed by atoms with E-state index in [-0.39, 0.29) is 12.6 Å². The fourth-order valence-electron chi connectivity index (χ4n) is 2.00. The zero-order valence-electron chi connectivity index (χ0n) is 10.7. The standard InChI is InChI=1S/C16H13NO3/c17-13-4-2-1-3-12(13)14(18)7-5-11-6-8-15-16(9-11)20-10-19-15/h1-9H,10,17H2/b7-5+. The van der Waals surface area contributed by atoms with Gasteiger partial charge in [-0.15, -0.1) is 0 Å². The highest BCUT2D eigenvalue weighted by molar-refractivity contribution is 6.10. The number of carbonyl (C=O) groups excluding carboxylic acids is 1. The number of para-hydroxylation sites is 1. The van der Waals surface area contributed by atoms with Crippen LogP contribution in [0.25, 0.3) is 6.08 Å². The largest absolute Gasteiger partial charge is 0.454 e. The van der Waals surface area contributed by atoms with Gasteiger partial charge in [0, 0.05) is 11.3 Å². The van der Waals surface area contributed by atoms with Gasteiger partial charge in [0.2, 0.25) is 6.79 Å². The molecule has 0 aromatic heterocycles. The zero-order valence-corrected chi connectivity index (χ0v) is 10.7. The molecule has 0 aliphatic carbocycles. The van der Waals surface area contributed by atoms with Gasteiger partial charge in [0.25, 0.3) is 0 Å². The maximum absolute atomic E-state index is 12.0. The van der Waals surface area contributed by atoms with Gasteiger partial charge in [0.15, 0.2) is 17.3 Å². The monoisotopic (exact) mass is 267 g/mol. The minimum Gasteiger partial charge on any atom is -0.454 e. The minimum atomic E-state index is -0.124. The van der Waals surface area contributed by atoms with Crippen LogP contribution >= 0.6 is 0 Å². The Balaban J connectivity index is 1.81. The summed E-state index contributed by atoms with van der Waals surface area (Å²) in [6.07, 6.45) is 3.24. The van der Waals surface area contributed by atoms with Gasteiger partial charge in [0.05, 0.1) is 0 Å². The third kappa shape index (κ3) is 2.36.